The second-order valence-electron chi connectivity index (χ2n) is 11.5. The van der Waals surface area contributed by atoms with Gasteiger partial charge in [-0.25, -0.2) is 0 Å². The SMILES string of the molecule is c1ccc(-c2ccc(-c3c4ccccc4c(-c4ccc(-c5ccc6oc7ccccc7c6c5)cn4)c4ccccc34)cc2)cc1. The van der Waals surface area contributed by atoms with Crippen LogP contribution in [0.4, 0.5) is 0 Å². The van der Waals surface area contributed by atoms with Crippen LogP contribution in [-0.4, -0.2) is 4.98 Å². The molecule has 0 radical (unpaired) electrons. The number of fused-ring (bicyclic) bond motifs is 5. The predicted octanol–water partition coefficient (Wildman–Crippen LogP) is 12.0. The van der Waals surface area contributed by atoms with Gasteiger partial charge in [-0.15, -0.1) is 0 Å². The standard InChI is InChI=1S/C43H27NO/c1-2-10-28(11-3-1)29-18-20-30(21-19-29)42-34-13-4-6-15-36(34)43(37-16-7-5-14-35(37)42)39-24-22-32(27-44-39)31-23-25-41-38(26-31)33-12-8-9-17-40(33)45-41/h1-27H. The molecule has 0 unspecified atom stereocenters. The Morgan fingerprint density at radius 3 is 1.51 bits per heavy atom. The van der Waals surface area contributed by atoms with Gasteiger partial charge in [-0.3, -0.25) is 4.98 Å². The number of nitrogens with zero attached hydrogens (tertiary/aromatic N) is 1. The fourth-order valence-corrected chi connectivity index (χ4v) is 6.79. The minimum atomic E-state index is 0.900. The van der Waals surface area contributed by atoms with Crippen LogP contribution in [0, 0.1) is 0 Å². The van der Waals surface area contributed by atoms with E-state index in [0.29, 0.717) is 0 Å². The van der Waals surface area contributed by atoms with Crippen molar-refractivity contribution in [2.75, 3.05) is 0 Å². The van der Waals surface area contributed by atoms with Crippen LogP contribution in [0.15, 0.2) is 168 Å². The van der Waals surface area contributed by atoms with Crippen LogP contribution in [-0.2, 0) is 0 Å². The normalized spacial score (nSPS) is 11.6. The first kappa shape index (κ1) is 25.5. The van der Waals surface area contributed by atoms with Gasteiger partial charge in [-0.1, -0.05) is 133 Å². The molecule has 0 aliphatic carbocycles. The maximum absolute atomic E-state index is 6.05. The van der Waals surface area contributed by atoms with Crippen molar-refractivity contribution < 1.29 is 4.42 Å². The molecule has 2 aromatic heterocycles. The molecular formula is C43H27NO. The van der Waals surface area contributed by atoms with Crippen molar-refractivity contribution in [2.24, 2.45) is 0 Å². The Labute approximate surface area is 260 Å². The van der Waals surface area contributed by atoms with Gasteiger partial charge in [0.05, 0.1) is 5.69 Å². The highest BCUT2D eigenvalue weighted by Crippen LogP contribution is 2.43. The number of hydrogen-bond donors (Lipinski definition) is 0. The van der Waals surface area contributed by atoms with Gasteiger partial charge in [-0.05, 0) is 73.6 Å². The van der Waals surface area contributed by atoms with Gasteiger partial charge in [0.2, 0.25) is 0 Å². The summed E-state index contributed by atoms with van der Waals surface area (Å²) in [6.07, 6.45) is 2.00. The summed E-state index contributed by atoms with van der Waals surface area (Å²) in [5.41, 5.74) is 11.0. The number of rotatable bonds is 4. The average Bonchev–Trinajstić information content (AvgIpc) is 3.49. The number of benzene rings is 7. The lowest BCUT2D eigenvalue weighted by Gasteiger charge is -2.17. The molecule has 0 amide bonds. The van der Waals surface area contributed by atoms with Gasteiger partial charge in [0.1, 0.15) is 11.2 Å². The molecule has 2 nitrogen and oxygen atoms in total. The van der Waals surface area contributed by atoms with Crippen molar-refractivity contribution in [3.05, 3.63) is 164 Å². The van der Waals surface area contributed by atoms with E-state index >= 15 is 0 Å². The smallest absolute Gasteiger partial charge is 0.135 e. The maximum Gasteiger partial charge on any atom is 0.135 e. The summed E-state index contributed by atoms with van der Waals surface area (Å²) in [5, 5.41) is 7.10. The Morgan fingerprint density at radius 2 is 0.844 bits per heavy atom. The van der Waals surface area contributed by atoms with Gasteiger partial charge in [-0.2, -0.15) is 0 Å². The molecule has 45 heavy (non-hydrogen) atoms. The maximum atomic E-state index is 6.05. The quantitative estimate of drug-likeness (QED) is 0.196. The molecule has 0 aliphatic rings. The molecule has 0 aliphatic heterocycles. The number of para-hydroxylation sites is 1. The lowest BCUT2D eigenvalue weighted by atomic mass is 9.87. The van der Waals surface area contributed by atoms with Crippen molar-refractivity contribution in [1.29, 1.82) is 0 Å². The molecule has 2 heterocycles. The van der Waals surface area contributed by atoms with Gasteiger partial charge in [0.15, 0.2) is 0 Å². The Kier molecular flexibility index (Phi) is 5.85. The van der Waals surface area contributed by atoms with Crippen LogP contribution in [0.2, 0.25) is 0 Å². The minimum absolute atomic E-state index is 0.900. The molecule has 2 heteroatoms. The van der Waals surface area contributed by atoms with Crippen LogP contribution in [0.3, 0.4) is 0 Å². The topological polar surface area (TPSA) is 26.0 Å². The molecule has 0 atom stereocenters. The average molecular weight is 574 g/mol. The Hall–Kier alpha value is -5.99. The van der Waals surface area contributed by atoms with E-state index in [1.54, 1.807) is 0 Å². The van der Waals surface area contributed by atoms with Crippen molar-refractivity contribution in [3.63, 3.8) is 0 Å². The highest BCUT2D eigenvalue weighted by Gasteiger charge is 2.17. The van der Waals surface area contributed by atoms with Crippen LogP contribution < -0.4 is 0 Å². The summed E-state index contributed by atoms with van der Waals surface area (Å²) in [5.74, 6) is 0. The zero-order valence-electron chi connectivity index (χ0n) is 24.4. The molecule has 0 saturated carbocycles. The third-order valence-corrected chi connectivity index (χ3v) is 8.94. The molecule has 0 saturated heterocycles. The van der Waals surface area contributed by atoms with E-state index in [2.05, 4.69) is 146 Å². The third kappa shape index (κ3) is 4.22. The second kappa shape index (κ2) is 10.3. The summed E-state index contributed by atoms with van der Waals surface area (Å²) in [4.78, 5) is 5.08. The molecule has 210 valence electrons. The molecular weight excluding hydrogens is 546 g/mol. The van der Waals surface area contributed by atoms with Gasteiger partial charge < -0.3 is 4.42 Å². The fourth-order valence-electron chi connectivity index (χ4n) is 6.79. The van der Waals surface area contributed by atoms with E-state index in [4.69, 9.17) is 9.40 Å². The number of pyridine rings is 1. The fraction of sp³-hybridized carbons (Fsp3) is 0. The highest BCUT2D eigenvalue weighted by atomic mass is 16.3. The second-order valence-corrected chi connectivity index (χ2v) is 11.5. The third-order valence-electron chi connectivity index (χ3n) is 8.94. The summed E-state index contributed by atoms with van der Waals surface area (Å²) in [6.45, 7) is 0. The summed E-state index contributed by atoms with van der Waals surface area (Å²) in [7, 11) is 0. The molecule has 0 bridgehead atoms. The zero-order valence-corrected chi connectivity index (χ0v) is 24.4. The van der Waals surface area contributed by atoms with Crippen molar-refractivity contribution in [2.45, 2.75) is 0 Å². The van der Waals surface area contributed by atoms with Crippen molar-refractivity contribution >= 4 is 43.5 Å². The number of furan rings is 1. The van der Waals surface area contributed by atoms with Crippen molar-refractivity contribution in [3.8, 4) is 44.6 Å². The number of aromatic nitrogens is 1. The van der Waals surface area contributed by atoms with Crippen molar-refractivity contribution in [1.82, 2.24) is 4.98 Å². The van der Waals surface area contributed by atoms with Crippen LogP contribution in [0.5, 0.6) is 0 Å². The lowest BCUT2D eigenvalue weighted by Crippen LogP contribution is -1.92. The van der Waals surface area contributed by atoms with E-state index in [1.165, 1.54) is 43.8 Å². The molecule has 0 fully saturated rings. The Morgan fingerprint density at radius 1 is 0.333 bits per heavy atom. The largest absolute Gasteiger partial charge is 0.456 e. The number of hydrogen-bond acceptors (Lipinski definition) is 2. The molecule has 7 aromatic carbocycles. The minimum Gasteiger partial charge on any atom is -0.456 e. The summed E-state index contributed by atoms with van der Waals surface area (Å²) < 4.78 is 6.05. The zero-order chi connectivity index (χ0) is 29.7. The van der Waals surface area contributed by atoms with Gasteiger partial charge >= 0.3 is 0 Å². The lowest BCUT2D eigenvalue weighted by molar-refractivity contribution is 0.669. The molecule has 0 spiro atoms. The van der Waals surface area contributed by atoms with E-state index in [1.807, 2.05) is 18.3 Å². The predicted molar refractivity (Wildman–Crippen MR) is 188 cm³/mol. The highest BCUT2D eigenvalue weighted by molar-refractivity contribution is 6.21. The van der Waals surface area contributed by atoms with Crippen LogP contribution in [0.1, 0.15) is 0 Å². The Bertz CT molecular complexity index is 2450. The first-order valence-electron chi connectivity index (χ1n) is 15.3. The monoisotopic (exact) mass is 573 g/mol. The molecule has 9 aromatic rings. The van der Waals surface area contributed by atoms with Gasteiger partial charge in [0.25, 0.3) is 0 Å². The summed E-state index contributed by atoms with van der Waals surface area (Å²) >= 11 is 0. The van der Waals surface area contributed by atoms with Crippen LogP contribution in [0.25, 0.3) is 88.1 Å². The first-order valence-corrected chi connectivity index (χ1v) is 15.3. The summed E-state index contributed by atoms with van der Waals surface area (Å²) in [6, 6.07) is 55.9. The van der Waals surface area contributed by atoms with E-state index < -0.39 is 0 Å². The van der Waals surface area contributed by atoms with E-state index in [0.717, 1.165) is 44.3 Å². The van der Waals surface area contributed by atoms with E-state index in [9.17, 15) is 0 Å². The van der Waals surface area contributed by atoms with Gasteiger partial charge in [0, 0.05) is 28.1 Å². The van der Waals surface area contributed by atoms with E-state index in [-0.39, 0.29) is 0 Å². The Balaban J connectivity index is 1.18. The molecule has 0 N–H and O–H groups in total. The van der Waals surface area contributed by atoms with Crippen LogP contribution >= 0.6 is 0 Å². The molecule has 9 rings (SSSR count). The first-order chi connectivity index (χ1) is 22.3.